The maximum Gasteiger partial charge on any atom is 0.225 e. The molecule has 1 aromatic rings. The van der Waals surface area contributed by atoms with Crippen LogP contribution in [-0.2, 0) is 4.79 Å². The average molecular weight is 291 g/mol. The predicted molar refractivity (Wildman–Crippen MR) is 82.8 cm³/mol. The Labute approximate surface area is 126 Å². The summed E-state index contributed by atoms with van der Waals surface area (Å²) >= 11 is 0. The molecule has 0 saturated carbocycles. The lowest BCUT2D eigenvalue weighted by molar-refractivity contribution is -0.122. The number of nitrogens with zero attached hydrogens (tertiary/aromatic N) is 3. The van der Waals surface area contributed by atoms with Gasteiger partial charge in [0.05, 0.1) is 0 Å². The molecule has 1 atom stereocenters. The van der Waals surface area contributed by atoms with Gasteiger partial charge in [-0.2, -0.15) is 0 Å². The normalized spacial score (nSPS) is 17.8. The van der Waals surface area contributed by atoms with Gasteiger partial charge in [-0.3, -0.25) is 4.79 Å². The smallest absolute Gasteiger partial charge is 0.225 e. The van der Waals surface area contributed by atoms with Crippen molar-refractivity contribution in [1.29, 1.82) is 0 Å². The second kappa shape index (κ2) is 7.36. The molecule has 1 saturated heterocycles. The van der Waals surface area contributed by atoms with Crippen molar-refractivity contribution in [2.75, 3.05) is 18.0 Å². The van der Waals surface area contributed by atoms with E-state index in [9.17, 15) is 4.79 Å². The summed E-state index contributed by atoms with van der Waals surface area (Å²) in [6.45, 7) is 5.81. The lowest BCUT2D eigenvalue weighted by Gasteiger charge is -2.32. The molecule has 3 N–H and O–H groups in total. The van der Waals surface area contributed by atoms with E-state index in [1.165, 1.54) is 0 Å². The van der Waals surface area contributed by atoms with Crippen molar-refractivity contribution >= 4 is 11.9 Å². The number of hydrogen-bond donors (Lipinski definition) is 2. The van der Waals surface area contributed by atoms with E-state index in [0.717, 1.165) is 31.9 Å². The minimum Gasteiger partial charge on any atom is -0.353 e. The molecular weight excluding hydrogens is 266 g/mol. The Morgan fingerprint density at radius 1 is 1.38 bits per heavy atom. The second-order valence-corrected chi connectivity index (χ2v) is 5.99. The van der Waals surface area contributed by atoms with Crippen LogP contribution in [0.3, 0.4) is 0 Å². The van der Waals surface area contributed by atoms with Gasteiger partial charge in [0.15, 0.2) is 0 Å². The van der Waals surface area contributed by atoms with Crippen molar-refractivity contribution in [1.82, 2.24) is 15.3 Å². The number of hydrogen-bond acceptors (Lipinski definition) is 5. The van der Waals surface area contributed by atoms with Crippen LogP contribution in [0.5, 0.6) is 0 Å². The van der Waals surface area contributed by atoms with E-state index in [1.807, 2.05) is 19.9 Å². The fourth-order valence-electron chi connectivity index (χ4n) is 2.41. The van der Waals surface area contributed by atoms with Crippen molar-refractivity contribution in [2.24, 2.45) is 11.7 Å². The third-order valence-corrected chi connectivity index (χ3v) is 3.97. The summed E-state index contributed by atoms with van der Waals surface area (Å²) in [7, 11) is 0. The van der Waals surface area contributed by atoms with Crippen LogP contribution in [0.1, 0.15) is 33.1 Å². The van der Waals surface area contributed by atoms with Gasteiger partial charge in [-0.1, -0.05) is 13.8 Å². The summed E-state index contributed by atoms with van der Waals surface area (Å²) in [4.78, 5) is 22.6. The van der Waals surface area contributed by atoms with Gasteiger partial charge in [-0.25, -0.2) is 9.97 Å². The van der Waals surface area contributed by atoms with E-state index >= 15 is 0 Å². The van der Waals surface area contributed by atoms with Gasteiger partial charge in [-0.15, -0.1) is 0 Å². The molecule has 6 heteroatoms. The number of piperidine rings is 1. The van der Waals surface area contributed by atoms with Gasteiger partial charge < -0.3 is 16.0 Å². The van der Waals surface area contributed by atoms with Gasteiger partial charge in [0, 0.05) is 44.0 Å². The van der Waals surface area contributed by atoms with Crippen LogP contribution in [0, 0.1) is 5.92 Å². The summed E-state index contributed by atoms with van der Waals surface area (Å²) < 4.78 is 0. The largest absolute Gasteiger partial charge is 0.353 e. The molecule has 1 fully saturated rings. The summed E-state index contributed by atoms with van der Waals surface area (Å²) in [6, 6.07) is 1.98. The molecule has 1 unspecified atom stereocenters. The molecule has 6 nitrogen and oxygen atoms in total. The second-order valence-electron chi connectivity index (χ2n) is 5.99. The zero-order chi connectivity index (χ0) is 15.2. The lowest BCUT2D eigenvalue weighted by atomic mass is 10.0. The highest BCUT2D eigenvalue weighted by atomic mass is 16.1. The van der Waals surface area contributed by atoms with Crippen LogP contribution in [-0.4, -0.2) is 41.0 Å². The Bertz CT molecular complexity index is 443. The molecule has 1 aliphatic heterocycles. The molecule has 0 aliphatic carbocycles. The van der Waals surface area contributed by atoms with Crippen LogP contribution >= 0.6 is 0 Å². The van der Waals surface area contributed by atoms with Crippen molar-refractivity contribution in [2.45, 2.75) is 45.2 Å². The quantitative estimate of drug-likeness (QED) is 0.843. The van der Waals surface area contributed by atoms with Crippen LogP contribution in [0.15, 0.2) is 18.5 Å². The lowest BCUT2D eigenvalue weighted by Crippen LogP contribution is -2.46. The Kier molecular flexibility index (Phi) is 5.50. The van der Waals surface area contributed by atoms with E-state index in [2.05, 4.69) is 20.2 Å². The first-order valence-corrected chi connectivity index (χ1v) is 7.63. The molecule has 0 spiro atoms. The number of carbonyl (C=O) groups is 1. The van der Waals surface area contributed by atoms with Crippen LogP contribution in [0.25, 0.3) is 0 Å². The summed E-state index contributed by atoms with van der Waals surface area (Å²) in [5.41, 5.74) is 5.93. The third-order valence-electron chi connectivity index (χ3n) is 3.97. The SMILES string of the molecule is CC(C)C(N)CC(=O)NC1CCN(c2ncccn2)CC1. The third kappa shape index (κ3) is 4.67. The highest BCUT2D eigenvalue weighted by Crippen LogP contribution is 2.15. The number of nitrogens with one attached hydrogen (secondary N) is 1. The maximum atomic E-state index is 11.9. The van der Waals surface area contributed by atoms with E-state index < -0.39 is 0 Å². The summed E-state index contributed by atoms with van der Waals surface area (Å²) in [5, 5.41) is 3.09. The monoisotopic (exact) mass is 291 g/mol. The number of amides is 1. The van der Waals surface area contributed by atoms with E-state index in [0.29, 0.717) is 12.3 Å². The fraction of sp³-hybridized carbons (Fsp3) is 0.667. The van der Waals surface area contributed by atoms with Crippen molar-refractivity contribution in [3.63, 3.8) is 0 Å². The van der Waals surface area contributed by atoms with Crippen LogP contribution < -0.4 is 16.0 Å². The number of aromatic nitrogens is 2. The first-order chi connectivity index (χ1) is 10.1. The fourth-order valence-corrected chi connectivity index (χ4v) is 2.41. The molecule has 2 rings (SSSR count). The standard InChI is InChI=1S/C15H25N5O/c1-11(2)13(16)10-14(21)19-12-4-8-20(9-5-12)15-17-6-3-7-18-15/h3,6-7,11-13H,4-5,8-10,16H2,1-2H3,(H,19,21). The number of rotatable bonds is 5. The minimum absolute atomic E-state index is 0.0608. The Hall–Kier alpha value is -1.69. The molecule has 0 aromatic carbocycles. The molecular formula is C15H25N5O. The molecule has 1 aliphatic rings. The first-order valence-electron chi connectivity index (χ1n) is 7.63. The number of nitrogens with two attached hydrogens (primary N) is 1. The Morgan fingerprint density at radius 2 is 2.00 bits per heavy atom. The first kappa shape index (κ1) is 15.7. The summed E-state index contributed by atoms with van der Waals surface area (Å²) in [5.74, 6) is 1.16. The maximum absolute atomic E-state index is 11.9. The highest BCUT2D eigenvalue weighted by Gasteiger charge is 2.23. The predicted octanol–water partition coefficient (Wildman–Crippen LogP) is 0.935. The van der Waals surface area contributed by atoms with Crippen molar-refractivity contribution in [3.8, 4) is 0 Å². The average Bonchev–Trinajstić information content (AvgIpc) is 2.48. The Morgan fingerprint density at radius 3 is 2.57 bits per heavy atom. The zero-order valence-corrected chi connectivity index (χ0v) is 12.8. The minimum atomic E-state index is -0.0668. The van der Waals surface area contributed by atoms with E-state index in [-0.39, 0.29) is 18.0 Å². The van der Waals surface area contributed by atoms with Gasteiger partial charge >= 0.3 is 0 Å². The highest BCUT2D eigenvalue weighted by molar-refractivity contribution is 5.76. The molecule has 0 bridgehead atoms. The van der Waals surface area contributed by atoms with Gasteiger partial charge in [0.2, 0.25) is 11.9 Å². The van der Waals surface area contributed by atoms with Crippen molar-refractivity contribution < 1.29 is 4.79 Å². The molecule has 21 heavy (non-hydrogen) atoms. The van der Waals surface area contributed by atoms with Crippen LogP contribution in [0.4, 0.5) is 5.95 Å². The Balaban J connectivity index is 1.75. The molecule has 1 aromatic heterocycles. The number of carbonyl (C=O) groups excluding carboxylic acids is 1. The summed E-state index contributed by atoms with van der Waals surface area (Å²) in [6.07, 6.45) is 5.74. The van der Waals surface area contributed by atoms with Gasteiger partial charge in [-0.05, 0) is 24.8 Å². The topological polar surface area (TPSA) is 84.1 Å². The van der Waals surface area contributed by atoms with Gasteiger partial charge in [0.25, 0.3) is 0 Å². The van der Waals surface area contributed by atoms with Crippen molar-refractivity contribution in [3.05, 3.63) is 18.5 Å². The molecule has 1 amide bonds. The molecule has 2 heterocycles. The van der Waals surface area contributed by atoms with E-state index in [4.69, 9.17) is 5.73 Å². The molecule has 116 valence electrons. The molecule has 0 radical (unpaired) electrons. The van der Waals surface area contributed by atoms with Gasteiger partial charge in [0.1, 0.15) is 0 Å². The number of anilines is 1. The van der Waals surface area contributed by atoms with E-state index in [1.54, 1.807) is 12.4 Å². The van der Waals surface area contributed by atoms with Crippen LogP contribution in [0.2, 0.25) is 0 Å². The zero-order valence-electron chi connectivity index (χ0n) is 12.8.